The Labute approximate surface area is 160 Å². The molecule has 1 aromatic heterocycles. The molecule has 0 bridgehead atoms. The standard InChI is InChI=1S/C17H20ClFN6O2/c1-20-16(26)14-6-11(7-21-14)25-9-10(22-23-25)8-24(2)17(27)12-4-3-5-13(18)15(12)19/h3-5,9,11,14,21H,6-8H2,1-2H3,(H,20,26)/t11-,14+/m1/s1. The van der Waals surface area contributed by atoms with Crippen LogP contribution in [0.15, 0.2) is 24.4 Å². The Morgan fingerprint density at radius 3 is 3.00 bits per heavy atom. The molecular formula is C17H20ClFN6O2. The van der Waals surface area contributed by atoms with Crippen molar-refractivity contribution >= 4 is 23.4 Å². The number of hydrogen-bond acceptors (Lipinski definition) is 5. The number of aromatic nitrogens is 3. The first-order valence-electron chi connectivity index (χ1n) is 8.46. The second-order valence-electron chi connectivity index (χ2n) is 6.42. The number of rotatable bonds is 5. The van der Waals surface area contributed by atoms with E-state index in [2.05, 4.69) is 20.9 Å². The molecule has 2 amide bonds. The summed E-state index contributed by atoms with van der Waals surface area (Å²) in [5, 5.41) is 13.8. The number of likely N-dealkylation sites (N-methyl/N-ethyl adjacent to an activating group) is 1. The molecule has 0 radical (unpaired) electrons. The van der Waals surface area contributed by atoms with Crippen LogP contribution < -0.4 is 10.6 Å². The topological polar surface area (TPSA) is 92.2 Å². The second kappa shape index (κ2) is 8.01. The Morgan fingerprint density at radius 2 is 2.26 bits per heavy atom. The molecule has 144 valence electrons. The average Bonchev–Trinajstić information content (AvgIpc) is 3.32. The van der Waals surface area contributed by atoms with Gasteiger partial charge in [-0.1, -0.05) is 22.9 Å². The summed E-state index contributed by atoms with van der Waals surface area (Å²) in [6.45, 7) is 0.771. The van der Waals surface area contributed by atoms with E-state index in [1.54, 1.807) is 25.0 Å². The fourth-order valence-electron chi connectivity index (χ4n) is 3.05. The third-order valence-electron chi connectivity index (χ3n) is 4.53. The molecule has 1 aromatic carbocycles. The fourth-order valence-corrected chi connectivity index (χ4v) is 3.22. The van der Waals surface area contributed by atoms with Gasteiger partial charge in [-0.3, -0.25) is 9.59 Å². The monoisotopic (exact) mass is 394 g/mol. The first kappa shape index (κ1) is 19.2. The van der Waals surface area contributed by atoms with Crippen molar-refractivity contribution in [1.82, 2.24) is 30.5 Å². The second-order valence-corrected chi connectivity index (χ2v) is 6.82. The molecule has 2 heterocycles. The van der Waals surface area contributed by atoms with Crippen molar-refractivity contribution in [2.45, 2.75) is 25.0 Å². The summed E-state index contributed by atoms with van der Waals surface area (Å²) in [5.41, 5.74) is 0.475. The molecule has 0 aliphatic carbocycles. The summed E-state index contributed by atoms with van der Waals surface area (Å²) in [6.07, 6.45) is 2.33. The number of hydrogen-bond donors (Lipinski definition) is 2. The van der Waals surface area contributed by atoms with Crippen LogP contribution in [0.25, 0.3) is 0 Å². The quantitative estimate of drug-likeness (QED) is 0.789. The lowest BCUT2D eigenvalue weighted by Gasteiger charge is -2.16. The predicted octanol–water partition coefficient (Wildman–Crippen LogP) is 0.992. The average molecular weight is 395 g/mol. The zero-order chi connectivity index (χ0) is 19.6. The number of benzene rings is 1. The number of carbonyl (C=O) groups is 2. The first-order valence-corrected chi connectivity index (χ1v) is 8.83. The number of nitrogens with zero attached hydrogens (tertiary/aromatic N) is 4. The van der Waals surface area contributed by atoms with Gasteiger partial charge < -0.3 is 15.5 Å². The third-order valence-corrected chi connectivity index (χ3v) is 4.82. The van der Waals surface area contributed by atoms with Gasteiger partial charge in [0.2, 0.25) is 5.91 Å². The summed E-state index contributed by atoms with van der Waals surface area (Å²) >= 11 is 5.74. The normalized spacial score (nSPS) is 19.1. The number of nitrogens with one attached hydrogen (secondary N) is 2. The predicted molar refractivity (Wildman–Crippen MR) is 96.7 cm³/mol. The van der Waals surface area contributed by atoms with Gasteiger partial charge in [-0.05, 0) is 18.6 Å². The maximum absolute atomic E-state index is 14.0. The molecule has 1 saturated heterocycles. The highest BCUT2D eigenvalue weighted by Gasteiger charge is 2.30. The number of amides is 2. The molecular weight excluding hydrogens is 375 g/mol. The van der Waals surface area contributed by atoms with Crippen LogP contribution in [0.3, 0.4) is 0 Å². The number of carbonyl (C=O) groups excluding carboxylic acids is 2. The summed E-state index contributed by atoms with van der Waals surface area (Å²) in [5.74, 6) is -1.30. The van der Waals surface area contributed by atoms with Crippen molar-refractivity contribution in [3.8, 4) is 0 Å². The summed E-state index contributed by atoms with van der Waals surface area (Å²) < 4.78 is 15.7. The van der Waals surface area contributed by atoms with E-state index in [-0.39, 0.29) is 35.1 Å². The first-order chi connectivity index (χ1) is 12.9. The van der Waals surface area contributed by atoms with E-state index in [9.17, 15) is 14.0 Å². The van der Waals surface area contributed by atoms with E-state index in [4.69, 9.17) is 11.6 Å². The highest BCUT2D eigenvalue weighted by atomic mass is 35.5. The van der Waals surface area contributed by atoms with Crippen LogP contribution >= 0.6 is 11.6 Å². The van der Waals surface area contributed by atoms with Crippen LogP contribution in [0.4, 0.5) is 4.39 Å². The lowest BCUT2D eigenvalue weighted by molar-refractivity contribution is -0.122. The van der Waals surface area contributed by atoms with Gasteiger partial charge in [0.1, 0.15) is 5.69 Å². The van der Waals surface area contributed by atoms with Gasteiger partial charge in [0.15, 0.2) is 5.82 Å². The summed E-state index contributed by atoms with van der Waals surface area (Å²) in [6, 6.07) is 4.04. The van der Waals surface area contributed by atoms with Crippen LogP contribution in [-0.4, -0.2) is 58.4 Å². The Hall–Kier alpha value is -2.52. The SMILES string of the molecule is CNC(=O)[C@@H]1C[C@@H](n2cc(CN(C)C(=O)c3cccc(Cl)c3F)nn2)CN1. The molecule has 1 aliphatic heterocycles. The third kappa shape index (κ3) is 4.09. The minimum Gasteiger partial charge on any atom is -0.358 e. The van der Waals surface area contributed by atoms with Crippen molar-refractivity contribution in [3.63, 3.8) is 0 Å². The molecule has 27 heavy (non-hydrogen) atoms. The van der Waals surface area contributed by atoms with Gasteiger partial charge in [0, 0.05) is 20.6 Å². The molecule has 2 atom stereocenters. The zero-order valence-corrected chi connectivity index (χ0v) is 15.7. The van der Waals surface area contributed by atoms with Crippen molar-refractivity contribution in [2.24, 2.45) is 0 Å². The van der Waals surface area contributed by atoms with Gasteiger partial charge in [0.25, 0.3) is 5.91 Å². The maximum atomic E-state index is 14.0. The van der Waals surface area contributed by atoms with Gasteiger partial charge in [-0.2, -0.15) is 0 Å². The van der Waals surface area contributed by atoms with Crippen molar-refractivity contribution in [2.75, 3.05) is 20.6 Å². The van der Waals surface area contributed by atoms with Gasteiger partial charge in [0.05, 0.1) is 35.4 Å². The molecule has 0 saturated carbocycles. The molecule has 1 fully saturated rings. The van der Waals surface area contributed by atoms with E-state index >= 15 is 0 Å². The number of halogens is 2. The van der Waals surface area contributed by atoms with Gasteiger partial charge in [-0.15, -0.1) is 5.10 Å². The summed E-state index contributed by atoms with van der Waals surface area (Å²) in [7, 11) is 3.15. The maximum Gasteiger partial charge on any atom is 0.256 e. The Kier molecular flexibility index (Phi) is 5.71. The minimum absolute atomic E-state index is 0.0000629. The van der Waals surface area contributed by atoms with E-state index in [1.165, 1.54) is 23.1 Å². The van der Waals surface area contributed by atoms with Crippen molar-refractivity contribution in [1.29, 1.82) is 0 Å². The molecule has 2 N–H and O–H groups in total. The molecule has 10 heteroatoms. The molecule has 0 spiro atoms. The van der Waals surface area contributed by atoms with E-state index < -0.39 is 11.7 Å². The fraction of sp³-hybridized carbons (Fsp3) is 0.412. The van der Waals surface area contributed by atoms with Crippen molar-refractivity contribution < 1.29 is 14.0 Å². The van der Waals surface area contributed by atoms with E-state index in [0.717, 1.165) is 0 Å². The van der Waals surface area contributed by atoms with Gasteiger partial charge in [-0.25, -0.2) is 9.07 Å². The zero-order valence-electron chi connectivity index (χ0n) is 14.9. The Bertz CT molecular complexity index is 858. The van der Waals surface area contributed by atoms with E-state index in [1.807, 2.05) is 0 Å². The van der Waals surface area contributed by atoms with Crippen LogP contribution in [0.2, 0.25) is 5.02 Å². The molecule has 0 unspecified atom stereocenters. The highest BCUT2D eigenvalue weighted by molar-refractivity contribution is 6.31. The highest BCUT2D eigenvalue weighted by Crippen LogP contribution is 2.21. The largest absolute Gasteiger partial charge is 0.358 e. The molecule has 3 rings (SSSR count). The van der Waals surface area contributed by atoms with Crippen LogP contribution in [0.1, 0.15) is 28.5 Å². The van der Waals surface area contributed by atoms with E-state index in [0.29, 0.717) is 18.7 Å². The van der Waals surface area contributed by atoms with Crippen LogP contribution in [-0.2, 0) is 11.3 Å². The lowest BCUT2D eigenvalue weighted by Crippen LogP contribution is -2.38. The molecule has 2 aromatic rings. The van der Waals surface area contributed by atoms with Crippen LogP contribution in [0.5, 0.6) is 0 Å². The van der Waals surface area contributed by atoms with Crippen molar-refractivity contribution in [3.05, 3.63) is 46.5 Å². The lowest BCUT2D eigenvalue weighted by atomic mass is 10.1. The molecule has 8 nitrogen and oxygen atoms in total. The minimum atomic E-state index is -0.739. The summed E-state index contributed by atoms with van der Waals surface area (Å²) in [4.78, 5) is 25.5. The van der Waals surface area contributed by atoms with Gasteiger partial charge >= 0.3 is 0 Å². The smallest absolute Gasteiger partial charge is 0.256 e. The molecule has 1 aliphatic rings. The Balaban J connectivity index is 1.64. The van der Waals surface area contributed by atoms with Crippen LogP contribution in [0, 0.1) is 5.82 Å². The Morgan fingerprint density at radius 1 is 1.48 bits per heavy atom.